The molecule has 0 amide bonds. The molecule has 86 valence electrons. The zero-order valence-corrected chi connectivity index (χ0v) is 9.24. The molecule has 7 nitrogen and oxygen atoms in total. The van der Waals surface area contributed by atoms with Crippen LogP contribution in [0.1, 0.15) is 13.3 Å². The Morgan fingerprint density at radius 3 is 2.73 bits per heavy atom. The molecule has 0 spiro atoms. The van der Waals surface area contributed by atoms with Gasteiger partial charge in [-0.05, 0) is 6.42 Å². The zero-order chi connectivity index (χ0) is 11.5. The molecule has 0 aliphatic rings. The average molecular weight is 234 g/mol. The maximum absolute atomic E-state index is 11.5. The van der Waals surface area contributed by atoms with Crippen molar-refractivity contribution in [2.75, 3.05) is 18.1 Å². The number of hydrogen-bond acceptors (Lipinski definition) is 6. The van der Waals surface area contributed by atoms with Crippen LogP contribution in [0.4, 0.5) is 5.82 Å². The lowest BCUT2D eigenvalue weighted by Crippen LogP contribution is -2.10. The number of aliphatic hydroxyl groups is 1. The van der Waals surface area contributed by atoms with Crippen molar-refractivity contribution in [3.63, 3.8) is 0 Å². The Kier molecular flexibility index (Phi) is 3.64. The van der Waals surface area contributed by atoms with Crippen molar-refractivity contribution >= 4 is 15.7 Å². The Bertz CT molecular complexity index is 425. The van der Waals surface area contributed by atoms with Crippen molar-refractivity contribution in [2.45, 2.75) is 24.9 Å². The van der Waals surface area contributed by atoms with E-state index in [1.807, 2.05) is 0 Å². The summed E-state index contributed by atoms with van der Waals surface area (Å²) in [7, 11) is -3.42. The third-order valence-corrected chi connectivity index (χ3v) is 3.58. The Labute approximate surface area is 87.8 Å². The molecular formula is C7H14N4O3S. The predicted molar refractivity (Wildman–Crippen MR) is 53.9 cm³/mol. The van der Waals surface area contributed by atoms with Crippen LogP contribution in [0.2, 0.25) is 0 Å². The van der Waals surface area contributed by atoms with Gasteiger partial charge in [-0.2, -0.15) is 0 Å². The van der Waals surface area contributed by atoms with Crippen LogP contribution in [0.25, 0.3) is 0 Å². The van der Waals surface area contributed by atoms with E-state index in [2.05, 4.69) is 10.3 Å². The summed E-state index contributed by atoms with van der Waals surface area (Å²) in [6.07, 6.45) is 0.458. The second-order valence-corrected chi connectivity index (χ2v) is 5.18. The number of aromatic nitrogens is 3. The normalized spacial score (nSPS) is 11.9. The summed E-state index contributed by atoms with van der Waals surface area (Å²) in [6, 6.07) is 0. The van der Waals surface area contributed by atoms with Crippen molar-refractivity contribution < 1.29 is 13.5 Å². The van der Waals surface area contributed by atoms with Crippen molar-refractivity contribution in [3.8, 4) is 0 Å². The molecule has 0 fully saturated rings. The van der Waals surface area contributed by atoms with Gasteiger partial charge in [-0.25, -0.2) is 13.1 Å². The number of hydrogen-bond donors (Lipinski definition) is 2. The van der Waals surface area contributed by atoms with E-state index < -0.39 is 9.84 Å². The van der Waals surface area contributed by atoms with E-state index in [1.165, 1.54) is 11.6 Å². The third-order valence-electron chi connectivity index (χ3n) is 1.94. The first-order valence-corrected chi connectivity index (χ1v) is 6.20. The topological polar surface area (TPSA) is 111 Å². The average Bonchev–Trinajstić information content (AvgIpc) is 2.57. The Morgan fingerprint density at radius 2 is 2.20 bits per heavy atom. The monoisotopic (exact) mass is 234 g/mol. The van der Waals surface area contributed by atoms with Crippen LogP contribution in [0.3, 0.4) is 0 Å². The Hall–Kier alpha value is -1.15. The highest BCUT2D eigenvalue weighted by atomic mass is 32.2. The van der Waals surface area contributed by atoms with Gasteiger partial charge >= 0.3 is 0 Å². The predicted octanol–water partition coefficient (Wildman–Crippen LogP) is -0.964. The quantitative estimate of drug-likeness (QED) is 0.678. The second kappa shape index (κ2) is 4.58. The van der Waals surface area contributed by atoms with Crippen molar-refractivity contribution in [1.29, 1.82) is 0 Å². The van der Waals surface area contributed by atoms with Crippen LogP contribution < -0.4 is 5.73 Å². The van der Waals surface area contributed by atoms with Crippen molar-refractivity contribution in [1.82, 2.24) is 15.0 Å². The molecule has 0 aliphatic heterocycles. The second-order valence-electron chi connectivity index (χ2n) is 2.98. The first kappa shape index (κ1) is 11.9. The van der Waals surface area contributed by atoms with Crippen molar-refractivity contribution in [2.24, 2.45) is 0 Å². The van der Waals surface area contributed by atoms with Crippen LogP contribution >= 0.6 is 0 Å². The summed E-state index contributed by atoms with van der Waals surface area (Å²) in [4.78, 5) is 0. The molecule has 3 N–H and O–H groups in total. The van der Waals surface area contributed by atoms with Gasteiger partial charge in [0.2, 0.25) is 14.9 Å². The number of aryl methyl sites for hydroxylation is 1. The standard InChI is InChI=1S/C7H14N4O3S/c1-2-15(13,14)7-6(8)11(10-9-7)4-3-5-12/h12H,2-5,8H2,1H3. The fourth-order valence-corrected chi connectivity index (χ4v) is 1.91. The van der Waals surface area contributed by atoms with Gasteiger partial charge in [-0.1, -0.05) is 12.1 Å². The van der Waals surface area contributed by atoms with Crippen LogP contribution in [0.5, 0.6) is 0 Å². The van der Waals surface area contributed by atoms with E-state index >= 15 is 0 Å². The van der Waals surface area contributed by atoms with E-state index in [9.17, 15) is 8.42 Å². The lowest BCUT2D eigenvalue weighted by molar-refractivity contribution is 0.277. The highest BCUT2D eigenvalue weighted by Crippen LogP contribution is 2.15. The minimum absolute atomic E-state index is 0.00480. The van der Waals surface area contributed by atoms with Crippen LogP contribution in [0.15, 0.2) is 5.03 Å². The molecule has 8 heteroatoms. The number of nitrogens with two attached hydrogens (primary N) is 1. The summed E-state index contributed by atoms with van der Waals surface area (Å²) >= 11 is 0. The van der Waals surface area contributed by atoms with Gasteiger partial charge in [0.15, 0.2) is 5.82 Å². The lowest BCUT2D eigenvalue weighted by Gasteiger charge is -2.01. The van der Waals surface area contributed by atoms with Gasteiger partial charge < -0.3 is 10.8 Å². The van der Waals surface area contributed by atoms with E-state index in [-0.39, 0.29) is 23.2 Å². The maximum Gasteiger partial charge on any atom is 0.220 e. The molecule has 0 saturated heterocycles. The minimum atomic E-state index is -3.42. The first-order chi connectivity index (χ1) is 7.03. The molecule has 1 rings (SSSR count). The number of anilines is 1. The molecule has 0 aromatic carbocycles. The van der Waals surface area contributed by atoms with Crippen molar-refractivity contribution in [3.05, 3.63) is 0 Å². The van der Waals surface area contributed by atoms with Gasteiger partial charge in [-0.3, -0.25) is 0 Å². The number of nitrogens with zero attached hydrogens (tertiary/aromatic N) is 3. The molecule has 1 heterocycles. The fourth-order valence-electron chi connectivity index (χ4n) is 1.05. The molecule has 0 radical (unpaired) electrons. The highest BCUT2D eigenvalue weighted by Gasteiger charge is 2.21. The molecule has 0 atom stereocenters. The summed E-state index contributed by atoms with van der Waals surface area (Å²) in [5.41, 5.74) is 5.58. The molecule has 0 unspecified atom stereocenters. The van der Waals surface area contributed by atoms with E-state index in [4.69, 9.17) is 10.8 Å². The van der Waals surface area contributed by atoms with Gasteiger partial charge in [0.1, 0.15) is 0 Å². The van der Waals surface area contributed by atoms with E-state index in [0.29, 0.717) is 13.0 Å². The molecule has 1 aromatic rings. The number of nitrogen functional groups attached to an aromatic ring is 1. The van der Waals surface area contributed by atoms with E-state index in [0.717, 1.165) is 0 Å². The Morgan fingerprint density at radius 1 is 1.53 bits per heavy atom. The molecule has 0 bridgehead atoms. The third kappa shape index (κ3) is 2.45. The Balaban J connectivity index is 2.99. The van der Waals surface area contributed by atoms with E-state index in [1.54, 1.807) is 0 Å². The van der Waals surface area contributed by atoms with Gasteiger partial charge in [0, 0.05) is 13.2 Å². The molecule has 0 saturated carbocycles. The minimum Gasteiger partial charge on any atom is -0.396 e. The summed E-state index contributed by atoms with van der Waals surface area (Å²) in [5.74, 6) is -0.0269. The largest absolute Gasteiger partial charge is 0.396 e. The molecule has 1 aromatic heterocycles. The van der Waals surface area contributed by atoms with Crippen LogP contribution in [0, 0.1) is 0 Å². The zero-order valence-electron chi connectivity index (χ0n) is 8.42. The SMILES string of the molecule is CCS(=O)(=O)c1nnn(CCCO)c1N. The smallest absolute Gasteiger partial charge is 0.220 e. The highest BCUT2D eigenvalue weighted by molar-refractivity contribution is 7.91. The number of rotatable bonds is 5. The molecular weight excluding hydrogens is 220 g/mol. The number of aliphatic hydroxyl groups excluding tert-OH is 1. The lowest BCUT2D eigenvalue weighted by atomic mass is 10.4. The molecule has 0 aliphatic carbocycles. The molecule has 15 heavy (non-hydrogen) atoms. The van der Waals surface area contributed by atoms with Crippen LogP contribution in [-0.4, -0.2) is 40.9 Å². The van der Waals surface area contributed by atoms with Gasteiger partial charge in [-0.15, -0.1) is 5.10 Å². The van der Waals surface area contributed by atoms with Crippen LogP contribution in [-0.2, 0) is 16.4 Å². The number of sulfone groups is 1. The fraction of sp³-hybridized carbons (Fsp3) is 0.714. The summed E-state index contributed by atoms with van der Waals surface area (Å²) in [6.45, 7) is 1.87. The first-order valence-electron chi connectivity index (χ1n) is 4.55. The summed E-state index contributed by atoms with van der Waals surface area (Å²) in [5, 5.41) is 15.6. The summed E-state index contributed by atoms with van der Waals surface area (Å²) < 4.78 is 24.2. The van der Waals surface area contributed by atoms with Gasteiger partial charge in [0.25, 0.3) is 0 Å². The maximum atomic E-state index is 11.5. The van der Waals surface area contributed by atoms with Gasteiger partial charge in [0.05, 0.1) is 5.75 Å².